The number of morpholine rings is 1. The van der Waals surface area contributed by atoms with Crippen molar-refractivity contribution in [2.24, 2.45) is 0 Å². The molecule has 1 aromatic carbocycles. The molecule has 2 unspecified atom stereocenters. The van der Waals surface area contributed by atoms with Crippen LogP contribution in [0.25, 0.3) is 0 Å². The number of rotatable bonds is 6. The van der Waals surface area contributed by atoms with Gasteiger partial charge in [0.05, 0.1) is 12.7 Å². The van der Waals surface area contributed by atoms with Crippen LogP contribution in [0.3, 0.4) is 0 Å². The Hall–Kier alpha value is -0.610. The molecule has 1 aromatic rings. The molecule has 3 nitrogen and oxygen atoms in total. The summed E-state index contributed by atoms with van der Waals surface area (Å²) in [6, 6.07) is 8.49. The number of nitrogens with zero attached hydrogens (tertiary/aromatic N) is 1. The van der Waals surface area contributed by atoms with Gasteiger partial charge in [-0.05, 0) is 37.6 Å². The van der Waals surface area contributed by atoms with Gasteiger partial charge in [-0.15, -0.1) is 0 Å². The molecule has 1 aliphatic rings. The second-order valence-electron chi connectivity index (χ2n) is 5.39. The Balaban J connectivity index is 1.87. The first kappa shape index (κ1) is 15.8. The quantitative estimate of drug-likeness (QED) is 0.873. The number of ether oxygens (including phenoxy) is 1. The van der Waals surface area contributed by atoms with Gasteiger partial charge < -0.3 is 10.1 Å². The van der Waals surface area contributed by atoms with Gasteiger partial charge in [0.1, 0.15) is 0 Å². The van der Waals surface area contributed by atoms with Crippen LogP contribution in [0, 0.1) is 0 Å². The molecule has 20 heavy (non-hydrogen) atoms. The minimum absolute atomic E-state index is 0.358. The molecule has 1 saturated heterocycles. The van der Waals surface area contributed by atoms with Crippen molar-refractivity contribution in [1.29, 1.82) is 0 Å². The smallest absolute Gasteiger partial charge is 0.0700 e. The number of hydrogen-bond donors (Lipinski definition) is 1. The molecule has 112 valence electrons. The fourth-order valence-electron chi connectivity index (χ4n) is 2.74. The highest BCUT2D eigenvalue weighted by molar-refractivity contribution is 6.30. The zero-order valence-corrected chi connectivity index (χ0v) is 13.2. The van der Waals surface area contributed by atoms with Crippen LogP contribution in [0.4, 0.5) is 0 Å². The highest BCUT2D eigenvalue weighted by Gasteiger charge is 2.20. The first-order valence-corrected chi connectivity index (χ1v) is 7.87. The summed E-state index contributed by atoms with van der Waals surface area (Å²) >= 11 is 6.08. The van der Waals surface area contributed by atoms with Gasteiger partial charge in [-0.2, -0.15) is 0 Å². The highest BCUT2D eigenvalue weighted by atomic mass is 35.5. The van der Waals surface area contributed by atoms with Gasteiger partial charge in [-0.1, -0.05) is 30.7 Å². The van der Waals surface area contributed by atoms with Gasteiger partial charge >= 0.3 is 0 Å². The Kier molecular flexibility index (Phi) is 6.30. The van der Waals surface area contributed by atoms with Gasteiger partial charge in [0.15, 0.2) is 0 Å². The summed E-state index contributed by atoms with van der Waals surface area (Å²) in [6.07, 6.45) is 2.59. The molecule has 0 bridgehead atoms. The van der Waals surface area contributed by atoms with Crippen molar-refractivity contribution in [1.82, 2.24) is 10.2 Å². The summed E-state index contributed by atoms with van der Waals surface area (Å²) in [7, 11) is 2.01. The van der Waals surface area contributed by atoms with Gasteiger partial charge in [-0.25, -0.2) is 0 Å². The van der Waals surface area contributed by atoms with E-state index in [9.17, 15) is 0 Å². The minimum Gasteiger partial charge on any atom is -0.376 e. The number of benzene rings is 1. The zero-order valence-electron chi connectivity index (χ0n) is 12.4. The minimum atomic E-state index is 0.358. The Morgan fingerprint density at radius 2 is 2.35 bits per heavy atom. The van der Waals surface area contributed by atoms with Crippen LogP contribution < -0.4 is 5.32 Å². The van der Waals surface area contributed by atoms with Crippen molar-refractivity contribution in [3.05, 3.63) is 34.9 Å². The predicted octanol–water partition coefficient (Wildman–Crippen LogP) is 3.10. The van der Waals surface area contributed by atoms with Gasteiger partial charge in [0.2, 0.25) is 0 Å². The third kappa shape index (κ3) is 4.45. The van der Waals surface area contributed by atoms with E-state index in [1.807, 2.05) is 19.2 Å². The van der Waals surface area contributed by atoms with E-state index in [1.54, 1.807) is 0 Å². The van der Waals surface area contributed by atoms with Crippen molar-refractivity contribution in [2.75, 3.05) is 33.3 Å². The number of halogens is 1. The molecule has 2 atom stereocenters. The maximum Gasteiger partial charge on any atom is 0.0700 e. The normalized spacial score (nSPS) is 21.9. The van der Waals surface area contributed by atoms with Crippen LogP contribution in [0.2, 0.25) is 5.02 Å². The maximum atomic E-state index is 6.08. The number of hydrogen-bond acceptors (Lipinski definition) is 3. The molecular weight excluding hydrogens is 272 g/mol. The summed E-state index contributed by atoms with van der Waals surface area (Å²) in [6.45, 7) is 6.25. The molecule has 2 rings (SSSR count). The van der Waals surface area contributed by atoms with Gasteiger partial charge in [0.25, 0.3) is 0 Å². The molecule has 4 heteroatoms. The fourth-order valence-corrected chi connectivity index (χ4v) is 2.94. The van der Waals surface area contributed by atoms with Crippen LogP contribution in [0.1, 0.15) is 31.4 Å². The molecule has 1 aliphatic heterocycles. The van der Waals surface area contributed by atoms with E-state index in [1.165, 1.54) is 5.56 Å². The third-order valence-electron chi connectivity index (χ3n) is 4.01. The molecule has 1 N–H and O–H groups in total. The van der Waals surface area contributed by atoms with Crippen LogP contribution in [-0.4, -0.2) is 44.3 Å². The molecule has 0 spiro atoms. The summed E-state index contributed by atoms with van der Waals surface area (Å²) in [4.78, 5) is 2.51. The van der Waals surface area contributed by atoms with E-state index in [0.717, 1.165) is 44.1 Å². The van der Waals surface area contributed by atoms with E-state index in [0.29, 0.717) is 12.1 Å². The van der Waals surface area contributed by atoms with Crippen molar-refractivity contribution < 1.29 is 4.74 Å². The largest absolute Gasteiger partial charge is 0.376 e. The Morgan fingerprint density at radius 3 is 3.05 bits per heavy atom. The standard InChI is InChI=1S/C16H25ClN2O/c1-3-15-12-19(9-10-20-15)8-7-16(18-2)13-5-4-6-14(17)11-13/h4-6,11,15-16,18H,3,7-10,12H2,1-2H3. The second-order valence-corrected chi connectivity index (χ2v) is 5.82. The average molecular weight is 297 g/mol. The van der Waals surface area contributed by atoms with Crippen molar-refractivity contribution in [3.8, 4) is 0 Å². The van der Waals surface area contributed by atoms with E-state index in [2.05, 4.69) is 29.3 Å². The van der Waals surface area contributed by atoms with Crippen molar-refractivity contribution in [3.63, 3.8) is 0 Å². The number of nitrogens with one attached hydrogen (secondary N) is 1. The maximum absolute atomic E-state index is 6.08. The lowest BCUT2D eigenvalue weighted by molar-refractivity contribution is -0.0304. The average Bonchev–Trinajstić information content (AvgIpc) is 2.48. The molecule has 0 aromatic heterocycles. The summed E-state index contributed by atoms with van der Waals surface area (Å²) in [5.41, 5.74) is 1.26. The lowest BCUT2D eigenvalue weighted by Gasteiger charge is -2.33. The molecular formula is C16H25ClN2O. The topological polar surface area (TPSA) is 24.5 Å². The predicted molar refractivity (Wildman–Crippen MR) is 84.3 cm³/mol. The van der Waals surface area contributed by atoms with Crippen LogP contribution in [0.5, 0.6) is 0 Å². The zero-order chi connectivity index (χ0) is 14.4. The SMILES string of the molecule is CCC1CN(CCC(NC)c2cccc(Cl)c2)CCO1. The second kappa shape index (κ2) is 7.99. The Bertz CT molecular complexity index is 413. The first-order chi connectivity index (χ1) is 9.72. The molecule has 0 aliphatic carbocycles. The third-order valence-corrected chi connectivity index (χ3v) is 4.25. The lowest BCUT2D eigenvalue weighted by atomic mass is 10.0. The van der Waals surface area contributed by atoms with Crippen molar-refractivity contribution >= 4 is 11.6 Å². The van der Waals surface area contributed by atoms with Gasteiger partial charge in [0, 0.05) is 30.7 Å². The summed E-state index contributed by atoms with van der Waals surface area (Å²) in [5, 5.41) is 4.20. The molecule has 0 amide bonds. The highest BCUT2D eigenvalue weighted by Crippen LogP contribution is 2.21. The van der Waals surface area contributed by atoms with Crippen LogP contribution >= 0.6 is 11.6 Å². The fraction of sp³-hybridized carbons (Fsp3) is 0.625. The summed E-state index contributed by atoms with van der Waals surface area (Å²) < 4.78 is 5.72. The van der Waals surface area contributed by atoms with E-state index < -0.39 is 0 Å². The summed E-state index contributed by atoms with van der Waals surface area (Å²) in [5.74, 6) is 0. The molecule has 0 saturated carbocycles. The van der Waals surface area contributed by atoms with Crippen molar-refractivity contribution in [2.45, 2.75) is 31.9 Å². The lowest BCUT2D eigenvalue weighted by Crippen LogP contribution is -2.43. The van der Waals surface area contributed by atoms with Gasteiger partial charge in [-0.3, -0.25) is 4.90 Å². The molecule has 1 heterocycles. The van der Waals surface area contributed by atoms with E-state index >= 15 is 0 Å². The van der Waals surface area contributed by atoms with Crippen LogP contribution in [0.15, 0.2) is 24.3 Å². The molecule has 1 fully saturated rings. The molecule has 0 radical (unpaired) electrons. The first-order valence-electron chi connectivity index (χ1n) is 7.49. The van der Waals surface area contributed by atoms with E-state index in [4.69, 9.17) is 16.3 Å². The van der Waals surface area contributed by atoms with Crippen LogP contribution in [-0.2, 0) is 4.74 Å². The Morgan fingerprint density at radius 1 is 1.50 bits per heavy atom. The Labute approximate surface area is 127 Å². The van der Waals surface area contributed by atoms with E-state index in [-0.39, 0.29) is 0 Å². The monoisotopic (exact) mass is 296 g/mol.